The number of hydrogen-bond acceptors (Lipinski definition) is 5. The van der Waals surface area contributed by atoms with E-state index in [1.54, 1.807) is 48.5 Å². The lowest BCUT2D eigenvalue weighted by atomic mass is 10.3. The fourth-order valence-corrected chi connectivity index (χ4v) is 2.00. The smallest absolute Gasteiger partial charge is 0.201 e. The zero-order valence-corrected chi connectivity index (χ0v) is 13.2. The lowest BCUT2D eigenvalue weighted by molar-refractivity contribution is 0.483. The molecule has 0 bridgehead atoms. The zero-order chi connectivity index (χ0) is 16.8. The number of nitriles is 1. The number of nitrogens with zero attached hydrogens (tertiary/aromatic N) is 2. The van der Waals surface area contributed by atoms with E-state index in [0.29, 0.717) is 27.2 Å². The van der Waals surface area contributed by atoms with Gasteiger partial charge in [-0.3, -0.25) is 10.8 Å². The molecule has 0 amide bonds. The predicted octanol–water partition coefficient (Wildman–Crippen LogP) is 4.01. The van der Waals surface area contributed by atoms with Crippen LogP contribution >= 0.6 is 23.2 Å². The lowest BCUT2D eigenvalue weighted by Gasteiger charge is -2.08. The summed E-state index contributed by atoms with van der Waals surface area (Å²) in [5.41, 5.74) is 8.24. The van der Waals surface area contributed by atoms with Crippen LogP contribution in [0.3, 0.4) is 0 Å². The van der Waals surface area contributed by atoms with Gasteiger partial charge in [-0.1, -0.05) is 23.2 Å². The van der Waals surface area contributed by atoms with E-state index < -0.39 is 5.84 Å². The summed E-state index contributed by atoms with van der Waals surface area (Å²) < 4.78 is 5.64. The number of amidine groups is 1. The summed E-state index contributed by atoms with van der Waals surface area (Å²) in [6, 6.07) is 13.4. The molecular formula is C15H11Cl2N5O. The van der Waals surface area contributed by atoms with Gasteiger partial charge in [0.2, 0.25) is 5.71 Å². The third-order valence-corrected chi connectivity index (χ3v) is 3.16. The molecule has 8 heteroatoms. The van der Waals surface area contributed by atoms with Gasteiger partial charge in [0.25, 0.3) is 0 Å². The Hall–Kier alpha value is -2.75. The number of halogens is 2. The van der Waals surface area contributed by atoms with Gasteiger partial charge in [0.1, 0.15) is 17.6 Å². The highest BCUT2D eigenvalue weighted by molar-refractivity contribution is 6.45. The second-order valence-corrected chi connectivity index (χ2v) is 5.14. The number of anilines is 1. The maximum absolute atomic E-state index is 8.74. The summed E-state index contributed by atoms with van der Waals surface area (Å²) in [5, 5.41) is 20.6. The summed E-state index contributed by atoms with van der Waals surface area (Å²) in [4.78, 5) is 0. The molecule has 0 radical (unpaired) electrons. The van der Waals surface area contributed by atoms with Crippen LogP contribution in [0, 0.1) is 16.7 Å². The number of hydrazone groups is 1. The van der Waals surface area contributed by atoms with Crippen LogP contribution in [0.5, 0.6) is 11.5 Å². The first kappa shape index (κ1) is 16.6. The molecule has 0 unspecified atom stereocenters. The van der Waals surface area contributed by atoms with E-state index in [-0.39, 0.29) is 5.71 Å². The molecule has 23 heavy (non-hydrogen) atoms. The first-order chi connectivity index (χ1) is 11.0. The SMILES string of the molecule is N#C/C(=N\Nc1ccc(Oc2ccc(Cl)cc2Cl)cc1)C(=N)N. The Bertz CT molecular complexity index is 797. The summed E-state index contributed by atoms with van der Waals surface area (Å²) in [5.74, 6) is 0.645. The molecule has 4 N–H and O–H groups in total. The van der Waals surface area contributed by atoms with Crippen LogP contribution in [0.15, 0.2) is 47.6 Å². The Balaban J connectivity index is 2.08. The highest BCUT2D eigenvalue weighted by Gasteiger charge is 2.04. The number of nitrogens with one attached hydrogen (secondary N) is 2. The molecule has 0 heterocycles. The maximum Gasteiger partial charge on any atom is 0.201 e. The van der Waals surface area contributed by atoms with E-state index >= 15 is 0 Å². The van der Waals surface area contributed by atoms with Gasteiger partial charge in [-0.25, -0.2) is 0 Å². The molecule has 116 valence electrons. The quantitative estimate of drug-likeness (QED) is 0.431. The molecule has 0 saturated carbocycles. The maximum atomic E-state index is 8.74. The van der Waals surface area contributed by atoms with Gasteiger partial charge in [-0.05, 0) is 42.5 Å². The molecule has 0 fully saturated rings. The van der Waals surface area contributed by atoms with Crippen LogP contribution in [0.1, 0.15) is 0 Å². The zero-order valence-electron chi connectivity index (χ0n) is 11.7. The average Bonchev–Trinajstić information content (AvgIpc) is 2.52. The van der Waals surface area contributed by atoms with Crippen LogP contribution in [0.2, 0.25) is 10.0 Å². The van der Waals surface area contributed by atoms with E-state index in [4.69, 9.17) is 44.3 Å². The molecular weight excluding hydrogens is 337 g/mol. The van der Waals surface area contributed by atoms with E-state index in [1.165, 1.54) is 0 Å². The van der Waals surface area contributed by atoms with Crippen molar-refractivity contribution in [1.29, 1.82) is 10.7 Å². The summed E-state index contributed by atoms with van der Waals surface area (Å²) in [6.45, 7) is 0. The first-order valence-electron chi connectivity index (χ1n) is 6.31. The molecule has 2 aromatic carbocycles. The Morgan fingerprint density at radius 2 is 1.91 bits per heavy atom. The Labute approximate surface area is 142 Å². The topological polar surface area (TPSA) is 107 Å². The van der Waals surface area contributed by atoms with Gasteiger partial charge < -0.3 is 10.5 Å². The molecule has 0 saturated heterocycles. The number of hydrogen-bond donors (Lipinski definition) is 3. The molecule has 0 aliphatic heterocycles. The van der Waals surface area contributed by atoms with Crippen LogP contribution in [0.25, 0.3) is 0 Å². The average molecular weight is 348 g/mol. The van der Waals surface area contributed by atoms with E-state index in [2.05, 4.69) is 10.5 Å². The number of ether oxygens (including phenoxy) is 1. The van der Waals surface area contributed by atoms with E-state index in [9.17, 15) is 0 Å². The molecule has 0 aromatic heterocycles. The van der Waals surface area contributed by atoms with Crippen molar-refractivity contribution in [2.75, 3.05) is 5.43 Å². The molecule has 0 aliphatic rings. The van der Waals surface area contributed by atoms with Crippen LogP contribution < -0.4 is 15.9 Å². The second-order valence-electron chi connectivity index (χ2n) is 4.30. The van der Waals surface area contributed by atoms with Gasteiger partial charge >= 0.3 is 0 Å². The van der Waals surface area contributed by atoms with Crippen LogP contribution in [-0.4, -0.2) is 11.5 Å². The molecule has 2 rings (SSSR count). The van der Waals surface area contributed by atoms with Gasteiger partial charge in [0.05, 0.1) is 10.7 Å². The molecule has 6 nitrogen and oxygen atoms in total. The minimum Gasteiger partial charge on any atom is -0.456 e. The first-order valence-corrected chi connectivity index (χ1v) is 7.06. The highest BCUT2D eigenvalue weighted by Crippen LogP contribution is 2.31. The summed E-state index contributed by atoms with van der Waals surface area (Å²) >= 11 is 11.9. The standard InChI is InChI=1S/C15H11Cl2N5O/c16-9-1-6-14(12(17)7-9)23-11-4-2-10(3-5-11)21-22-13(8-18)15(19)20/h1-7,21H,(H3,19,20)/b22-13+. The van der Waals surface area contributed by atoms with Gasteiger partial charge in [-0.2, -0.15) is 10.4 Å². The van der Waals surface area contributed by atoms with Crippen molar-refractivity contribution >= 4 is 40.4 Å². The lowest BCUT2D eigenvalue weighted by Crippen LogP contribution is -2.21. The molecule has 0 atom stereocenters. The van der Waals surface area contributed by atoms with Crippen molar-refractivity contribution in [1.82, 2.24) is 0 Å². The monoisotopic (exact) mass is 347 g/mol. The molecule has 0 spiro atoms. The van der Waals surface area contributed by atoms with E-state index in [0.717, 1.165) is 0 Å². The molecule has 2 aromatic rings. The number of rotatable bonds is 5. The minimum absolute atomic E-state index is 0.196. The van der Waals surface area contributed by atoms with Gasteiger partial charge in [0, 0.05) is 5.02 Å². The number of nitrogens with two attached hydrogens (primary N) is 1. The van der Waals surface area contributed by atoms with Crippen molar-refractivity contribution < 1.29 is 4.74 Å². The van der Waals surface area contributed by atoms with Crippen molar-refractivity contribution in [2.45, 2.75) is 0 Å². The second kappa shape index (κ2) is 7.49. The number of benzene rings is 2. The van der Waals surface area contributed by atoms with Crippen LogP contribution in [0.4, 0.5) is 5.69 Å². The van der Waals surface area contributed by atoms with Crippen LogP contribution in [-0.2, 0) is 0 Å². The van der Waals surface area contributed by atoms with Gasteiger partial charge in [0.15, 0.2) is 5.84 Å². The Kier molecular flexibility index (Phi) is 5.41. The minimum atomic E-state index is -0.405. The Morgan fingerprint density at radius 1 is 1.22 bits per heavy atom. The summed E-state index contributed by atoms with van der Waals surface area (Å²) in [7, 11) is 0. The van der Waals surface area contributed by atoms with Crippen molar-refractivity contribution in [3.8, 4) is 17.6 Å². The predicted molar refractivity (Wildman–Crippen MR) is 91.6 cm³/mol. The summed E-state index contributed by atoms with van der Waals surface area (Å²) in [6.07, 6.45) is 0. The van der Waals surface area contributed by atoms with Crippen molar-refractivity contribution in [3.05, 3.63) is 52.5 Å². The van der Waals surface area contributed by atoms with Gasteiger partial charge in [-0.15, -0.1) is 0 Å². The fourth-order valence-electron chi connectivity index (χ4n) is 1.55. The third kappa shape index (κ3) is 4.61. The van der Waals surface area contributed by atoms with Crippen molar-refractivity contribution in [3.63, 3.8) is 0 Å². The van der Waals surface area contributed by atoms with Crippen molar-refractivity contribution in [2.24, 2.45) is 10.8 Å². The highest BCUT2D eigenvalue weighted by atomic mass is 35.5. The Morgan fingerprint density at radius 3 is 2.48 bits per heavy atom. The fraction of sp³-hybridized carbons (Fsp3) is 0. The molecule has 0 aliphatic carbocycles. The third-order valence-electron chi connectivity index (χ3n) is 2.63. The normalized spacial score (nSPS) is 10.7. The van der Waals surface area contributed by atoms with E-state index in [1.807, 2.05) is 0 Å². The largest absolute Gasteiger partial charge is 0.456 e.